The molecule has 1 aliphatic heterocycles. The number of hydrogen-bond acceptors (Lipinski definition) is 4. The molecule has 0 radical (unpaired) electrons. The van der Waals surface area contributed by atoms with Crippen molar-refractivity contribution in [1.29, 1.82) is 0 Å². The van der Waals surface area contributed by atoms with Gasteiger partial charge in [-0.25, -0.2) is 4.79 Å². The molecule has 1 aromatic rings. The van der Waals surface area contributed by atoms with E-state index in [-0.39, 0.29) is 18.4 Å². The molecule has 5 nitrogen and oxygen atoms in total. The Morgan fingerprint density at radius 1 is 1.47 bits per heavy atom. The maximum Gasteiger partial charge on any atom is 0.337 e. The second kappa shape index (κ2) is 5.73. The number of rotatable bonds is 4. The summed E-state index contributed by atoms with van der Waals surface area (Å²) in [6.07, 6.45) is 1.97. The highest BCUT2D eigenvalue weighted by atomic mass is 16.5. The lowest BCUT2D eigenvalue weighted by atomic mass is 10.1. The molecule has 0 spiro atoms. The van der Waals surface area contributed by atoms with Gasteiger partial charge < -0.3 is 14.7 Å². The molecule has 0 aliphatic carbocycles. The van der Waals surface area contributed by atoms with Gasteiger partial charge in [-0.05, 0) is 31.0 Å². The van der Waals surface area contributed by atoms with Crippen LogP contribution in [0, 0.1) is 0 Å². The van der Waals surface area contributed by atoms with Crippen molar-refractivity contribution in [3.63, 3.8) is 0 Å². The lowest BCUT2D eigenvalue weighted by Gasteiger charge is -2.26. The highest BCUT2D eigenvalue weighted by Gasteiger charge is 2.27. The zero-order chi connectivity index (χ0) is 13.8. The van der Waals surface area contributed by atoms with Crippen molar-refractivity contribution < 1.29 is 19.4 Å². The maximum atomic E-state index is 11.5. The molecule has 19 heavy (non-hydrogen) atoms. The maximum absolute atomic E-state index is 11.5. The number of esters is 1. The van der Waals surface area contributed by atoms with Gasteiger partial charge in [0.2, 0.25) is 0 Å². The molecule has 0 aromatic heterocycles. The number of benzene rings is 1. The largest absolute Gasteiger partial charge is 0.481 e. The van der Waals surface area contributed by atoms with Crippen molar-refractivity contribution in [1.82, 2.24) is 0 Å². The van der Waals surface area contributed by atoms with Gasteiger partial charge in [0.05, 0.1) is 19.1 Å². The third kappa shape index (κ3) is 3.05. The first-order valence-corrected chi connectivity index (χ1v) is 6.28. The number of methoxy groups -OCH3 is 1. The predicted octanol–water partition coefficient (Wildman–Crippen LogP) is 1.92. The van der Waals surface area contributed by atoms with Gasteiger partial charge in [0.1, 0.15) is 0 Å². The van der Waals surface area contributed by atoms with E-state index in [4.69, 9.17) is 9.84 Å². The molecule has 1 unspecified atom stereocenters. The van der Waals surface area contributed by atoms with Crippen LogP contribution in [0.1, 0.15) is 29.6 Å². The summed E-state index contributed by atoms with van der Waals surface area (Å²) < 4.78 is 4.69. The van der Waals surface area contributed by atoms with Crippen molar-refractivity contribution in [2.24, 2.45) is 0 Å². The molecule has 2 rings (SSSR count). The van der Waals surface area contributed by atoms with Crippen molar-refractivity contribution in [3.8, 4) is 0 Å². The van der Waals surface area contributed by atoms with Crippen LogP contribution in [0.25, 0.3) is 0 Å². The quantitative estimate of drug-likeness (QED) is 0.841. The number of carboxylic acids is 1. The lowest BCUT2D eigenvalue weighted by Crippen LogP contribution is -2.31. The van der Waals surface area contributed by atoms with E-state index < -0.39 is 5.97 Å². The van der Waals surface area contributed by atoms with Crippen LogP contribution in [0.3, 0.4) is 0 Å². The predicted molar refractivity (Wildman–Crippen MR) is 70.4 cm³/mol. The fourth-order valence-corrected chi connectivity index (χ4v) is 2.52. The first-order chi connectivity index (χ1) is 9.11. The van der Waals surface area contributed by atoms with E-state index in [9.17, 15) is 9.59 Å². The molecule has 1 aliphatic rings. The fourth-order valence-electron chi connectivity index (χ4n) is 2.52. The van der Waals surface area contributed by atoms with E-state index in [2.05, 4.69) is 4.90 Å². The van der Waals surface area contributed by atoms with Gasteiger partial charge in [-0.2, -0.15) is 0 Å². The third-order valence-corrected chi connectivity index (χ3v) is 3.39. The molecule has 0 saturated carbocycles. The zero-order valence-electron chi connectivity index (χ0n) is 10.8. The molecule has 0 amide bonds. The molecule has 1 N–H and O–H groups in total. The summed E-state index contributed by atoms with van der Waals surface area (Å²) >= 11 is 0. The summed E-state index contributed by atoms with van der Waals surface area (Å²) in [6, 6.07) is 7.14. The molecular weight excluding hydrogens is 246 g/mol. The van der Waals surface area contributed by atoms with Crippen LogP contribution in [-0.4, -0.2) is 36.7 Å². The van der Waals surface area contributed by atoms with E-state index >= 15 is 0 Å². The van der Waals surface area contributed by atoms with E-state index in [0.29, 0.717) is 5.56 Å². The van der Waals surface area contributed by atoms with Gasteiger partial charge in [0, 0.05) is 18.3 Å². The van der Waals surface area contributed by atoms with Crippen molar-refractivity contribution in [3.05, 3.63) is 29.8 Å². The van der Waals surface area contributed by atoms with E-state index in [1.165, 1.54) is 7.11 Å². The Labute approximate surface area is 111 Å². The Morgan fingerprint density at radius 3 is 2.95 bits per heavy atom. The first-order valence-electron chi connectivity index (χ1n) is 6.28. The summed E-state index contributed by atoms with van der Waals surface area (Å²) in [5.41, 5.74) is 1.37. The Bertz CT molecular complexity index is 486. The lowest BCUT2D eigenvalue weighted by molar-refractivity contribution is -0.137. The van der Waals surface area contributed by atoms with Crippen LogP contribution in [0.15, 0.2) is 24.3 Å². The summed E-state index contributed by atoms with van der Waals surface area (Å²) in [5, 5.41) is 8.92. The minimum Gasteiger partial charge on any atom is -0.481 e. The molecule has 1 aromatic carbocycles. The Balaban J connectivity index is 2.20. The Morgan fingerprint density at radius 2 is 2.26 bits per heavy atom. The molecule has 1 fully saturated rings. The average Bonchev–Trinajstić information content (AvgIpc) is 2.85. The van der Waals surface area contributed by atoms with Crippen LogP contribution in [0.4, 0.5) is 5.69 Å². The highest BCUT2D eigenvalue weighted by Crippen LogP contribution is 2.28. The van der Waals surface area contributed by atoms with Crippen molar-refractivity contribution >= 4 is 17.6 Å². The second-order valence-corrected chi connectivity index (χ2v) is 4.63. The number of carbonyl (C=O) groups excluding carboxylic acids is 1. The summed E-state index contributed by atoms with van der Waals surface area (Å²) in [5.74, 6) is -1.17. The number of aliphatic carboxylic acids is 1. The van der Waals surface area contributed by atoms with Crippen LogP contribution in [0.5, 0.6) is 0 Å². The Hall–Kier alpha value is -2.04. The summed E-state index contributed by atoms with van der Waals surface area (Å²) in [6.45, 7) is 0.822. The zero-order valence-corrected chi connectivity index (χ0v) is 10.8. The van der Waals surface area contributed by atoms with Gasteiger partial charge in [-0.15, -0.1) is 0 Å². The van der Waals surface area contributed by atoms with E-state index in [1.807, 2.05) is 6.07 Å². The second-order valence-electron chi connectivity index (χ2n) is 4.63. The number of nitrogens with zero attached hydrogens (tertiary/aromatic N) is 1. The van der Waals surface area contributed by atoms with Crippen molar-refractivity contribution in [2.45, 2.75) is 25.3 Å². The van der Waals surface area contributed by atoms with Crippen LogP contribution in [0.2, 0.25) is 0 Å². The van der Waals surface area contributed by atoms with Gasteiger partial charge in [-0.1, -0.05) is 6.07 Å². The monoisotopic (exact) mass is 263 g/mol. The SMILES string of the molecule is COC(=O)c1cccc(N2CCCC2CC(=O)O)c1. The molecule has 1 atom stereocenters. The molecule has 102 valence electrons. The number of hydrogen-bond donors (Lipinski definition) is 1. The Kier molecular flexibility index (Phi) is 4.04. The van der Waals surface area contributed by atoms with Crippen LogP contribution in [-0.2, 0) is 9.53 Å². The standard InChI is InChI=1S/C14H17NO4/c1-19-14(18)10-4-2-5-11(8-10)15-7-3-6-12(15)9-13(16)17/h2,4-5,8,12H,3,6-7,9H2,1H3,(H,16,17). The average molecular weight is 263 g/mol. The minimum absolute atomic E-state index is 0.00500. The normalized spacial score (nSPS) is 18.4. The van der Waals surface area contributed by atoms with Gasteiger partial charge in [0.15, 0.2) is 0 Å². The highest BCUT2D eigenvalue weighted by molar-refractivity contribution is 5.90. The topological polar surface area (TPSA) is 66.8 Å². The third-order valence-electron chi connectivity index (χ3n) is 3.39. The van der Waals surface area contributed by atoms with Crippen LogP contribution < -0.4 is 4.90 Å². The first kappa shape index (κ1) is 13.4. The number of carbonyl (C=O) groups is 2. The molecule has 0 bridgehead atoms. The number of carboxylic acid groups (broad SMARTS) is 1. The van der Waals surface area contributed by atoms with Gasteiger partial charge >= 0.3 is 11.9 Å². The summed E-state index contributed by atoms with van der Waals surface area (Å²) in [4.78, 5) is 24.4. The molecule has 5 heteroatoms. The fraction of sp³-hybridized carbons (Fsp3) is 0.429. The van der Waals surface area contributed by atoms with Crippen LogP contribution >= 0.6 is 0 Å². The minimum atomic E-state index is -0.791. The van der Waals surface area contributed by atoms with Crippen molar-refractivity contribution in [2.75, 3.05) is 18.6 Å². The smallest absolute Gasteiger partial charge is 0.337 e. The molecule has 1 saturated heterocycles. The number of ether oxygens (including phenoxy) is 1. The van der Waals surface area contributed by atoms with Gasteiger partial charge in [-0.3, -0.25) is 4.79 Å². The van der Waals surface area contributed by atoms with E-state index in [0.717, 1.165) is 25.1 Å². The molecular formula is C14H17NO4. The number of anilines is 1. The molecule has 1 heterocycles. The van der Waals surface area contributed by atoms with Gasteiger partial charge in [0.25, 0.3) is 0 Å². The van der Waals surface area contributed by atoms with E-state index in [1.54, 1.807) is 18.2 Å². The summed E-state index contributed by atoms with van der Waals surface area (Å²) in [7, 11) is 1.35.